The first-order valence-electron chi connectivity index (χ1n) is 10.7. The monoisotopic (exact) mass is 549 g/mol. The molecule has 0 amide bonds. The molecule has 0 spiro atoms. The van der Waals surface area contributed by atoms with Gasteiger partial charge in [-0.25, -0.2) is 13.0 Å². The number of aromatic nitrogens is 8. The highest BCUT2D eigenvalue weighted by Crippen LogP contribution is 2.35. The van der Waals surface area contributed by atoms with Crippen LogP contribution in [0.4, 0.5) is 5.95 Å². The lowest BCUT2D eigenvalue weighted by Gasteiger charge is -2.23. The number of nitrogens with one attached hydrogen (secondary N) is 1. The van der Waals surface area contributed by atoms with Gasteiger partial charge in [-0.05, 0) is 25.1 Å². The zero-order chi connectivity index (χ0) is 26.7. The minimum Gasteiger partial charge on any atom is -0.479 e. The van der Waals surface area contributed by atoms with E-state index >= 15 is 0 Å². The van der Waals surface area contributed by atoms with Crippen LogP contribution in [0.5, 0.6) is 11.8 Å². The molecule has 0 saturated carbocycles. The number of ether oxygens (including phenoxy) is 3. The van der Waals surface area contributed by atoms with Crippen LogP contribution in [-0.4, -0.2) is 74.5 Å². The van der Waals surface area contributed by atoms with Crippen molar-refractivity contribution in [3.8, 4) is 29.0 Å². The van der Waals surface area contributed by atoms with Gasteiger partial charge in [-0.15, -0.1) is 10.2 Å². The van der Waals surface area contributed by atoms with E-state index in [1.807, 2.05) is 0 Å². The van der Waals surface area contributed by atoms with Crippen LogP contribution in [-0.2, 0) is 21.8 Å². The lowest BCUT2D eigenvalue weighted by atomic mass is 10.2. The molecule has 1 N–H and O–H groups in total. The van der Waals surface area contributed by atoms with Gasteiger partial charge in [0, 0.05) is 26.6 Å². The first-order valence-corrected chi connectivity index (χ1v) is 12.7. The van der Waals surface area contributed by atoms with E-state index in [2.05, 4.69) is 35.0 Å². The van der Waals surface area contributed by atoms with Gasteiger partial charge < -0.3 is 14.2 Å². The maximum atomic E-state index is 13.5. The predicted molar refractivity (Wildman–Crippen MR) is 133 cm³/mol. The second-order valence-electron chi connectivity index (χ2n) is 7.71. The number of methoxy groups -OCH3 is 3. The molecule has 4 aromatic rings. The van der Waals surface area contributed by atoms with Crippen LogP contribution in [0.2, 0.25) is 5.02 Å². The zero-order valence-corrected chi connectivity index (χ0v) is 22.1. The number of hydrogen-bond acceptors (Lipinski definition) is 11. The summed E-state index contributed by atoms with van der Waals surface area (Å²) in [5.74, 6) is 0.216. The average Bonchev–Trinajstić information content (AvgIpc) is 3.50. The van der Waals surface area contributed by atoms with Crippen molar-refractivity contribution >= 4 is 27.6 Å². The van der Waals surface area contributed by atoms with Crippen molar-refractivity contribution in [1.82, 2.24) is 39.5 Å². The van der Waals surface area contributed by atoms with E-state index in [1.54, 1.807) is 36.1 Å². The van der Waals surface area contributed by atoms with Crippen LogP contribution in [0.3, 0.4) is 0 Å². The van der Waals surface area contributed by atoms with Crippen molar-refractivity contribution in [3.05, 3.63) is 47.6 Å². The van der Waals surface area contributed by atoms with Gasteiger partial charge in [0.1, 0.15) is 23.4 Å². The van der Waals surface area contributed by atoms with Gasteiger partial charge in [0.25, 0.3) is 0 Å². The third-order valence-electron chi connectivity index (χ3n) is 5.42. The van der Waals surface area contributed by atoms with Crippen molar-refractivity contribution in [2.24, 2.45) is 7.05 Å². The number of halogens is 1. The van der Waals surface area contributed by atoms with Crippen LogP contribution in [0.1, 0.15) is 18.7 Å². The van der Waals surface area contributed by atoms with E-state index in [-0.39, 0.29) is 29.2 Å². The molecule has 196 valence electrons. The number of nitrogens with zero attached hydrogens (tertiary/aromatic N) is 8. The molecule has 37 heavy (non-hydrogen) atoms. The fourth-order valence-electron chi connectivity index (χ4n) is 3.59. The molecule has 0 radical (unpaired) electrons. The summed E-state index contributed by atoms with van der Waals surface area (Å²) in [5.41, 5.74) is 0.966. The minimum absolute atomic E-state index is 0.0949. The minimum atomic E-state index is -4.14. The first-order chi connectivity index (χ1) is 17.7. The Bertz CT molecular complexity index is 1470. The van der Waals surface area contributed by atoms with E-state index in [4.69, 9.17) is 25.8 Å². The molecular weight excluding hydrogens is 526 g/mol. The molecule has 4 rings (SSSR count). The molecular formula is C21H24ClN9O5S. The zero-order valence-electron chi connectivity index (χ0n) is 20.5. The SMILES string of the molecule is COc1ncnc(OC)c1-n1c(NS(=O)(=O)[C@@H](C)[C@H](OC)c2ccc(Cl)cn2)nnc1-c1ccn(C)n1. The van der Waals surface area contributed by atoms with Crippen molar-refractivity contribution in [2.75, 3.05) is 26.1 Å². The van der Waals surface area contributed by atoms with E-state index in [0.717, 1.165) is 0 Å². The maximum absolute atomic E-state index is 13.5. The first kappa shape index (κ1) is 26.2. The molecule has 0 bridgehead atoms. The van der Waals surface area contributed by atoms with Crippen LogP contribution < -0.4 is 14.2 Å². The standard InChI is InChI=1S/C21H24ClN9O5S/c1-12(17(34-3)14-7-6-13(22)10-23-14)37(32,33)29-21-27-26-18(15-8-9-30(2)28-15)31(21)16-19(35-4)24-11-25-20(16)36-5/h6-12,17H,1-5H3,(H,27,29)/t12-,17-/m0/s1. The van der Waals surface area contributed by atoms with Crippen molar-refractivity contribution in [2.45, 2.75) is 18.3 Å². The Balaban J connectivity index is 1.82. The predicted octanol–water partition coefficient (Wildman–Crippen LogP) is 2.04. The molecule has 0 fully saturated rings. The van der Waals surface area contributed by atoms with Gasteiger partial charge >= 0.3 is 0 Å². The lowest BCUT2D eigenvalue weighted by Crippen LogP contribution is -2.33. The van der Waals surface area contributed by atoms with Gasteiger partial charge in [-0.3, -0.25) is 14.4 Å². The Morgan fingerprint density at radius 1 is 1.03 bits per heavy atom. The largest absolute Gasteiger partial charge is 0.479 e. The van der Waals surface area contributed by atoms with E-state index in [1.165, 1.54) is 45.3 Å². The van der Waals surface area contributed by atoms with Crippen LogP contribution in [0.25, 0.3) is 17.2 Å². The summed E-state index contributed by atoms with van der Waals surface area (Å²) in [6.07, 6.45) is 3.46. The molecule has 2 atom stereocenters. The molecule has 16 heteroatoms. The Hall–Kier alpha value is -3.82. The molecule has 0 aliphatic heterocycles. The van der Waals surface area contributed by atoms with Gasteiger partial charge in [0.05, 0.1) is 24.9 Å². The van der Waals surface area contributed by atoms with Crippen molar-refractivity contribution in [1.29, 1.82) is 0 Å². The van der Waals surface area contributed by atoms with Crippen LogP contribution in [0, 0.1) is 0 Å². The van der Waals surface area contributed by atoms with Gasteiger partial charge in [-0.1, -0.05) is 11.6 Å². The van der Waals surface area contributed by atoms with Crippen molar-refractivity contribution < 1.29 is 22.6 Å². The summed E-state index contributed by atoms with van der Waals surface area (Å²) in [5, 5.41) is 12.0. The Labute approximate surface area is 217 Å². The second-order valence-corrected chi connectivity index (χ2v) is 10.2. The number of pyridine rings is 1. The average molecular weight is 550 g/mol. The highest BCUT2D eigenvalue weighted by atomic mass is 35.5. The topological polar surface area (TPSA) is 161 Å². The second kappa shape index (κ2) is 10.7. The van der Waals surface area contributed by atoms with E-state index in [9.17, 15) is 8.42 Å². The summed E-state index contributed by atoms with van der Waals surface area (Å²) in [6.45, 7) is 1.49. The number of anilines is 1. The molecule has 4 aromatic heterocycles. The molecule has 0 unspecified atom stereocenters. The van der Waals surface area contributed by atoms with Gasteiger partial charge in [-0.2, -0.15) is 15.1 Å². The molecule has 0 aliphatic carbocycles. The number of sulfonamides is 1. The summed E-state index contributed by atoms with van der Waals surface area (Å²) in [6, 6.07) is 4.89. The number of hydrogen-bond donors (Lipinski definition) is 1. The maximum Gasteiger partial charge on any atom is 0.245 e. The summed E-state index contributed by atoms with van der Waals surface area (Å²) < 4.78 is 48.8. The molecule has 0 aliphatic rings. The molecule has 0 aromatic carbocycles. The highest BCUT2D eigenvalue weighted by Gasteiger charge is 2.34. The Morgan fingerprint density at radius 3 is 2.27 bits per heavy atom. The summed E-state index contributed by atoms with van der Waals surface area (Å²) >= 11 is 5.93. The normalized spacial score (nSPS) is 13.2. The number of rotatable bonds is 10. The van der Waals surface area contributed by atoms with Crippen LogP contribution in [0.15, 0.2) is 36.9 Å². The molecule has 0 saturated heterocycles. The van der Waals surface area contributed by atoms with E-state index in [0.29, 0.717) is 16.4 Å². The van der Waals surface area contributed by atoms with Crippen molar-refractivity contribution in [3.63, 3.8) is 0 Å². The Kier molecular flexibility index (Phi) is 7.56. The van der Waals surface area contributed by atoms with Crippen LogP contribution >= 0.6 is 11.6 Å². The lowest BCUT2D eigenvalue weighted by molar-refractivity contribution is 0.0989. The third kappa shape index (κ3) is 5.19. The summed E-state index contributed by atoms with van der Waals surface area (Å²) in [7, 11) is 1.81. The summed E-state index contributed by atoms with van der Waals surface area (Å²) in [4.78, 5) is 12.5. The Morgan fingerprint density at radius 2 is 1.73 bits per heavy atom. The fourth-order valence-corrected chi connectivity index (χ4v) is 4.85. The highest BCUT2D eigenvalue weighted by molar-refractivity contribution is 7.93. The number of aryl methyl sites for hydroxylation is 1. The molecule has 4 heterocycles. The smallest absolute Gasteiger partial charge is 0.245 e. The van der Waals surface area contributed by atoms with E-state index < -0.39 is 21.4 Å². The van der Waals surface area contributed by atoms with Gasteiger partial charge in [0.2, 0.25) is 27.7 Å². The quantitative estimate of drug-likeness (QED) is 0.308. The fraction of sp³-hybridized carbons (Fsp3) is 0.333. The molecule has 14 nitrogen and oxygen atoms in total. The van der Waals surface area contributed by atoms with Gasteiger partial charge in [0.15, 0.2) is 11.5 Å². The third-order valence-corrected chi connectivity index (χ3v) is 7.33.